The summed E-state index contributed by atoms with van der Waals surface area (Å²) < 4.78 is 0. The van der Waals surface area contributed by atoms with Crippen LogP contribution in [0.5, 0.6) is 0 Å². The number of guanidine groups is 1. The molecule has 0 bridgehead atoms. The zero-order valence-electron chi connectivity index (χ0n) is 20.4. The maximum absolute atomic E-state index is 13.0. The molecule has 1 saturated carbocycles. The van der Waals surface area contributed by atoms with Crippen molar-refractivity contribution in [3.8, 4) is 0 Å². The molecule has 6 N–H and O–H groups in total. The SMILES string of the molecule is Cc1ccc2nc(NC(=O)Cc3cccc4ccccc34)nc(NC3CCCCC3N=C(N)N)c2c1. The molecule has 1 aliphatic rings. The number of rotatable bonds is 6. The minimum Gasteiger partial charge on any atom is -0.370 e. The summed E-state index contributed by atoms with van der Waals surface area (Å²) in [6.07, 6.45) is 4.24. The van der Waals surface area contributed by atoms with E-state index < -0.39 is 0 Å². The van der Waals surface area contributed by atoms with E-state index in [9.17, 15) is 4.79 Å². The van der Waals surface area contributed by atoms with Crippen LogP contribution in [0.3, 0.4) is 0 Å². The van der Waals surface area contributed by atoms with Crippen LogP contribution in [0.2, 0.25) is 0 Å². The lowest BCUT2D eigenvalue weighted by Crippen LogP contribution is -2.38. The molecule has 0 spiro atoms. The standard InChI is InChI=1S/C28H31N7O/c1-17-13-14-22-21(15-17)26(31-23-11-4-5-12-24(23)32-27(29)30)35-28(33-22)34-25(36)16-19-9-6-8-18-7-2-3-10-20(18)19/h2-3,6-10,13-15,23-24H,4-5,11-12,16H2,1H3,(H4,29,30,32)(H2,31,33,34,35,36). The van der Waals surface area contributed by atoms with Gasteiger partial charge >= 0.3 is 0 Å². The summed E-state index contributed by atoms with van der Waals surface area (Å²) in [4.78, 5) is 26.8. The van der Waals surface area contributed by atoms with Gasteiger partial charge in [-0.05, 0) is 48.2 Å². The Bertz CT molecular complexity index is 1440. The van der Waals surface area contributed by atoms with Gasteiger partial charge in [0.25, 0.3) is 0 Å². The monoisotopic (exact) mass is 481 g/mol. The smallest absolute Gasteiger partial charge is 0.231 e. The molecule has 8 nitrogen and oxygen atoms in total. The number of hydrogen-bond donors (Lipinski definition) is 4. The van der Waals surface area contributed by atoms with Crippen LogP contribution in [0.15, 0.2) is 65.7 Å². The number of nitrogens with two attached hydrogens (primary N) is 2. The topological polar surface area (TPSA) is 131 Å². The predicted molar refractivity (Wildman–Crippen MR) is 146 cm³/mol. The zero-order valence-corrected chi connectivity index (χ0v) is 20.4. The predicted octanol–water partition coefficient (Wildman–Crippen LogP) is 4.27. The van der Waals surface area contributed by atoms with E-state index in [-0.39, 0.29) is 36.3 Å². The number of fused-ring (bicyclic) bond motifs is 2. The summed E-state index contributed by atoms with van der Waals surface area (Å²) in [5.74, 6) is 0.874. The van der Waals surface area contributed by atoms with Crippen LogP contribution >= 0.6 is 0 Å². The molecule has 0 aliphatic heterocycles. The molecule has 1 fully saturated rings. The number of carbonyl (C=O) groups is 1. The van der Waals surface area contributed by atoms with Gasteiger partial charge in [0.15, 0.2) is 5.96 Å². The fraction of sp³-hybridized carbons (Fsp3) is 0.286. The van der Waals surface area contributed by atoms with Gasteiger partial charge in [0, 0.05) is 5.39 Å². The lowest BCUT2D eigenvalue weighted by Gasteiger charge is -2.30. The van der Waals surface area contributed by atoms with E-state index in [2.05, 4.69) is 26.7 Å². The van der Waals surface area contributed by atoms with Crippen molar-refractivity contribution < 1.29 is 4.79 Å². The summed E-state index contributed by atoms with van der Waals surface area (Å²) in [5.41, 5.74) is 14.2. The third-order valence-corrected chi connectivity index (χ3v) is 6.70. The number of nitrogens with zero attached hydrogens (tertiary/aromatic N) is 3. The highest BCUT2D eigenvalue weighted by Gasteiger charge is 2.26. The van der Waals surface area contributed by atoms with Crippen molar-refractivity contribution in [3.05, 3.63) is 71.8 Å². The first kappa shape index (κ1) is 23.5. The molecule has 1 aliphatic carbocycles. The van der Waals surface area contributed by atoms with Gasteiger partial charge in [0.05, 0.1) is 24.0 Å². The van der Waals surface area contributed by atoms with Crippen LogP contribution in [-0.4, -0.2) is 33.9 Å². The average Bonchev–Trinajstić information content (AvgIpc) is 2.85. The van der Waals surface area contributed by atoms with E-state index in [0.717, 1.165) is 58.5 Å². The third-order valence-electron chi connectivity index (χ3n) is 6.70. The van der Waals surface area contributed by atoms with Gasteiger partial charge in [0.1, 0.15) is 5.82 Å². The molecule has 8 heteroatoms. The van der Waals surface area contributed by atoms with Gasteiger partial charge in [-0.15, -0.1) is 0 Å². The maximum atomic E-state index is 13.0. The van der Waals surface area contributed by atoms with Crippen LogP contribution in [0.4, 0.5) is 11.8 Å². The Balaban J connectivity index is 1.43. The highest BCUT2D eigenvalue weighted by molar-refractivity contribution is 5.97. The van der Waals surface area contributed by atoms with Crippen molar-refractivity contribution in [2.24, 2.45) is 16.5 Å². The Morgan fingerprint density at radius 3 is 2.67 bits per heavy atom. The first-order chi connectivity index (χ1) is 17.5. The van der Waals surface area contributed by atoms with Gasteiger partial charge in [-0.3, -0.25) is 10.1 Å². The van der Waals surface area contributed by atoms with Gasteiger partial charge in [-0.25, -0.2) is 9.98 Å². The molecule has 36 heavy (non-hydrogen) atoms. The van der Waals surface area contributed by atoms with Crippen LogP contribution in [0.25, 0.3) is 21.7 Å². The lowest BCUT2D eigenvalue weighted by molar-refractivity contribution is -0.115. The normalized spacial score (nSPS) is 17.6. The molecule has 5 rings (SSSR count). The fourth-order valence-corrected chi connectivity index (χ4v) is 5.00. The van der Waals surface area contributed by atoms with E-state index in [4.69, 9.17) is 16.5 Å². The summed E-state index contributed by atoms with van der Waals surface area (Å²) in [5, 5.41) is 9.56. The number of nitrogens with one attached hydrogen (secondary N) is 2. The Hall–Kier alpha value is -4.20. The van der Waals surface area contributed by atoms with E-state index >= 15 is 0 Å². The number of aryl methyl sites for hydroxylation is 1. The molecule has 0 saturated heterocycles. The molecule has 184 valence electrons. The lowest BCUT2D eigenvalue weighted by atomic mass is 9.90. The Labute approximate surface area is 210 Å². The van der Waals surface area contributed by atoms with Gasteiger partial charge in [0.2, 0.25) is 11.9 Å². The number of amides is 1. The van der Waals surface area contributed by atoms with Crippen LogP contribution in [0.1, 0.15) is 36.8 Å². The molecule has 1 heterocycles. The Kier molecular flexibility index (Phi) is 6.66. The molecular weight excluding hydrogens is 450 g/mol. The summed E-state index contributed by atoms with van der Waals surface area (Å²) >= 11 is 0. The van der Waals surface area contributed by atoms with E-state index in [1.165, 1.54) is 0 Å². The number of aliphatic imine (C=N–C) groups is 1. The highest BCUT2D eigenvalue weighted by atomic mass is 16.1. The van der Waals surface area contributed by atoms with Gasteiger partial charge in [-0.1, -0.05) is 66.9 Å². The Morgan fingerprint density at radius 2 is 1.81 bits per heavy atom. The first-order valence-corrected chi connectivity index (χ1v) is 12.4. The Morgan fingerprint density at radius 1 is 1.00 bits per heavy atom. The van der Waals surface area contributed by atoms with Crippen LogP contribution in [-0.2, 0) is 11.2 Å². The zero-order chi connectivity index (χ0) is 25.1. The molecule has 2 unspecified atom stereocenters. The molecular formula is C28H31N7O. The van der Waals surface area contributed by atoms with Gasteiger partial charge in [-0.2, -0.15) is 4.98 Å². The van der Waals surface area contributed by atoms with Crippen molar-refractivity contribution in [2.45, 2.75) is 51.1 Å². The largest absolute Gasteiger partial charge is 0.370 e. The van der Waals surface area contributed by atoms with Crippen molar-refractivity contribution in [1.29, 1.82) is 0 Å². The molecule has 4 aromatic rings. The van der Waals surface area contributed by atoms with E-state index in [1.54, 1.807) is 0 Å². The summed E-state index contributed by atoms with van der Waals surface area (Å²) in [6, 6.07) is 20.1. The molecule has 2 atom stereocenters. The fourth-order valence-electron chi connectivity index (χ4n) is 5.00. The minimum atomic E-state index is -0.167. The third kappa shape index (κ3) is 5.22. The second-order valence-electron chi connectivity index (χ2n) is 9.44. The average molecular weight is 482 g/mol. The quantitative estimate of drug-likeness (QED) is 0.240. The molecule has 1 aromatic heterocycles. The number of benzene rings is 3. The second-order valence-corrected chi connectivity index (χ2v) is 9.44. The molecule has 3 aromatic carbocycles. The number of carbonyl (C=O) groups excluding carboxylic acids is 1. The second kappa shape index (κ2) is 10.2. The van der Waals surface area contributed by atoms with Crippen molar-refractivity contribution in [1.82, 2.24) is 9.97 Å². The van der Waals surface area contributed by atoms with Crippen molar-refractivity contribution in [3.63, 3.8) is 0 Å². The van der Waals surface area contributed by atoms with E-state index in [1.807, 2.05) is 61.5 Å². The van der Waals surface area contributed by atoms with Gasteiger partial charge < -0.3 is 16.8 Å². The van der Waals surface area contributed by atoms with Crippen molar-refractivity contribution >= 4 is 45.3 Å². The summed E-state index contributed by atoms with van der Waals surface area (Å²) in [7, 11) is 0. The minimum absolute atomic E-state index is 0.0250. The maximum Gasteiger partial charge on any atom is 0.231 e. The van der Waals surface area contributed by atoms with Crippen molar-refractivity contribution in [2.75, 3.05) is 10.6 Å². The van der Waals surface area contributed by atoms with Crippen LogP contribution < -0.4 is 22.1 Å². The number of aromatic nitrogens is 2. The first-order valence-electron chi connectivity index (χ1n) is 12.4. The highest BCUT2D eigenvalue weighted by Crippen LogP contribution is 2.29. The number of anilines is 2. The molecule has 1 amide bonds. The van der Waals surface area contributed by atoms with Crippen LogP contribution in [0, 0.1) is 6.92 Å². The summed E-state index contributed by atoms with van der Waals surface area (Å²) in [6.45, 7) is 2.03. The van der Waals surface area contributed by atoms with E-state index in [0.29, 0.717) is 5.82 Å². The molecule has 0 radical (unpaired) electrons. The number of hydrogen-bond acceptors (Lipinski definition) is 5.